The van der Waals surface area contributed by atoms with E-state index < -0.39 is 0 Å². The van der Waals surface area contributed by atoms with E-state index in [0.717, 1.165) is 38.7 Å². The maximum atomic E-state index is 6.08. The van der Waals surface area contributed by atoms with Crippen molar-refractivity contribution in [2.24, 2.45) is 4.99 Å². The smallest absolute Gasteiger partial charge is 0.191 e. The Kier molecular flexibility index (Phi) is 5.98. The van der Waals surface area contributed by atoms with Gasteiger partial charge in [-0.2, -0.15) is 0 Å². The summed E-state index contributed by atoms with van der Waals surface area (Å²) in [7, 11) is 0. The molecule has 1 saturated carbocycles. The Morgan fingerprint density at radius 2 is 2.07 bits per heavy atom. The number of ether oxygens (including phenoxy) is 1. The molecule has 2 saturated heterocycles. The highest BCUT2D eigenvalue weighted by Crippen LogP contribution is 2.43. The SMILES string of the molecule is CCNC(=NCC1(c2ccccc2)CCC1)NCC1CN2CCCC2CO1. The highest BCUT2D eigenvalue weighted by atomic mass is 16.5. The molecule has 0 amide bonds. The number of morpholine rings is 1. The molecule has 0 aromatic heterocycles. The lowest BCUT2D eigenvalue weighted by molar-refractivity contribution is -0.0453. The second-order valence-corrected chi connectivity index (χ2v) is 8.32. The first-order valence-electron chi connectivity index (χ1n) is 10.7. The summed E-state index contributed by atoms with van der Waals surface area (Å²) in [5.41, 5.74) is 1.67. The molecule has 5 nitrogen and oxygen atoms in total. The fourth-order valence-corrected chi connectivity index (χ4v) is 4.73. The van der Waals surface area contributed by atoms with E-state index in [4.69, 9.17) is 9.73 Å². The van der Waals surface area contributed by atoms with Crippen molar-refractivity contribution in [2.45, 2.75) is 56.6 Å². The van der Waals surface area contributed by atoms with Crippen LogP contribution in [0.15, 0.2) is 35.3 Å². The number of benzene rings is 1. The van der Waals surface area contributed by atoms with Gasteiger partial charge in [-0.25, -0.2) is 0 Å². The van der Waals surface area contributed by atoms with Gasteiger partial charge in [-0.05, 0) is 44.7 Å². The van der Waals surface area contributed by atoms with Crippen molar-refractivity contribution in [1.29, 1.82) is 0 Å². The summed E-state index contributed by atoms with van der Waals surface area (Å²) in [5.74, 6) is 0.923. The van der Waals surface area contributed by atoms with Crippen LogP contribution in [-0.2, 0) is 10.2 Å². The number of nitrogens with zero attached hydrogens (tertiary/aromatic N) is 2. The monoisotopic (exact) mass is 370 g/mol. The molecule has 4 rings (SSSR count). The number of rotatable bonds is 6. The van der Waals surface area contributed by atoms with E-state index in [9.17, 15) is 0 Å². The Morgan fingerprint density at radius 3 is 2.81 bits per heavy atom. The van der Waals surface area contributed by atoms with Crippen LogP contribution in [-0.4, -0.2) is 62.3 Å². The minimum Gasteiger partial charge on any atom is -0.373 e. The first-order chi connectivity index (χ1) is 13.3. The second kappa shape index (κ2) is 8.61. The standard InChI is InChI=1S/C22H34N4O/c1-2-23-21(24-14-20-15-26-13-6-10-19(26)16-27-20)25-17-22(11-7-12-22)18-8-4-3-5-9-18/h3-5,8-9,19-20H,2,6-7,10-17H2,1H3,(H2,23,24,25). The normalized spacial score (nSPS) is 27.7. The summed E-state index contributed by atoms with van der Waals surface area (Å²) in [6.45, 7) is 7.85. The third-order valence-corrected chi connectivity index (χ3v) is 6.54. The van der Waals surface area contributed by atoms with Crippen molar-refractivity contribution in [1.82, 2.24) is 15.5 Å². The number of guanidine groups is 1. The minimum absolute atomic E-state index is 0.230. The van der Waals surface area contributed by atoms with Crippen molar-refractivity contribution in [3.05, 3.63) is 35.9 Å². The average molecular weight is 371 g/mol. The van der Waals surface area contributed by atoms with E-state index in [1.54, 1.807) is 0 Å². The van der Waals surface area contributed by atoms with E-state index in [2.05, 4.69) is 52.8 Å². The van der Waals surface area contributed by atoms with Gasteiger partial charge in [0.1, 0.15) is 0 Å². The van der Waals surface area contributed by atoms with Gasteiger partial charge in [0.25, 0.3) is 0 Å². The van der Waals surface area contributed by atoms with E-state index >= 15 is 0 Å². The van der Waals surface area contributed by atoms with Crippen molar-refractivity contribution >= 4 is 5.96 Å². The van der Waals surface area contributed by atoms with Gasteiger partial charge in [-0.1, -0.05) is 36.8 Å². The maximum Gasteiger partial charge on any atom is 0.191 e. The van der Waals surface area contributed by atoms with Crippen LogP contribution >= 0.6 is 0 Å². The predicted molar refractivity (Wildman–Crippen MR) is 110 cm³/mol. The molecule has 3 aliphatic rings. The third kappa shape index (κ3) is 4.30. The van der Waals surface area contributed by atoms with Crippen LogP contribution in [0, 0.1) is 0 Å². The van der Waals surface area contributed by atoms with Gasteiger partial charge >= 0.3 is 0 Å². The quantitative estimate of drug-likeness (QED) is 0.597. The summed E-state index contributed by atoms with van der Waals surface area (Å²) in [6, 6.07) is 11.6. The van der Waals surface area contributed by atoms with Gasteiger partial charge in [-0.15, -0.1) is 0 Å². The van der Waals surface area contributed by atoms with Crippen LogP contribution in [0.2, 0.25) is 0 Å². The van der Waals surface area contributed by atoms with Gasteiger partial charge in [0, 0.05) is 31.1 Å². The molecule has 148 valence electrons. The summed E-state index contributed by atoms with van der Waals surface area (Å²) in [5, 5.41) is 6.94. The van der Waals surface area contributed by atoms with Gasteiger partial charge < -0.3 is 15.4 Å². The number of hydrogen-bond donors (Lipinski definition) is 2. The van der Waals surface area contributed by atoms with E-state index in [0.29, 0.717) is 6.04 Å². The second-order valence-electron chi connectivity index (χ2n) is 8.32. The largest absolute Gasteiger partial charge is 0.373 e. The molecule has 2 heterocycles. The number of nitrogens with one attached hydrogen (secondary N) is 2. The summed E-state index contributed by atoms with van der Waals surface area (Å²) in [6.07, 6.45) is 6.66. The zero-order valence-electron chi connectivity index (χ0n) is 16.6. The van der Waals surface area contributed by atoms with Gasteiger partial charge in [0.2, 0.25) is 0 Å². The van der Waals surface area contributed by atoms with Crippen molar-refractivity contribution < 1.29 is 4.74 Å². The van der Waals surface area contributed by atoms with Gasteiger partial charge in [-0.3, -0.25) is 9.89 Å². The molecule has 1 aliphatic carbocycles. The topological polar surface area (TPSA) is 48.9 Å². The lowest BCUT2D eigenvalue weighted by atomic mass is 9.64. The molecule has 0 spiro atoms. The Labute approximate surface area is 163 Å². The Bertz CT molecular complexity index is 628. The molecule has 2 unspecified atom stereocenters. The first-order valence-corrected chi connectivity index (χ1v) is 10.7. The number of aliphatic imine (C=N–C) groups is 1. The first kappa shape index (κ1) is 18.8. The predicted octanol–water partition coefficient (Wildman–Crippen LogP) is 2.53. The molecule has 5 heteroatoms. The summed E-state index contributed by atoms with van der Waals surface area (Å²) < 4.78 is 6.08. The molecule has 0 radical (unpaired) electrons. The third-order valence-electron chi connectivity index (χ3n) is 6.54. The molecular weight excluding hydrogens is 336 g/mol. The number of fused-ring (bicyclic) bond motifs is 1. The summed E-state index contributed by atoms with van der Waals surface area (Å²) >= 11 is 0. The van der Waals surface area contributed by atoms with Crippen LogP contribution < -0.4 is 10.6 Å². The lowest BCUT2D eigenvalue weighted by Crippen LogP contribution is -2.51. The molecule has 2 N–H and O–H groups in total. The molecule has 1 aromatic rings. The fraction of sp³-hybridized carbons (Fsp3) is 0.682. The Balaban J connectivity index is 1.34. The minimum atomic E-state index is 0.230. The van der Waals surface area contributed by atoms with Gasteiger partial charge in [0.05, 0.1) is 19.3 Å². The van der Waals surface area contributed by atoms with E-state index in [1.165, 1.54) is 44.2 Å². The molecule has 2 aliphatic heterocycles. The van der Waals surface area contributed by atoms with Crippen molar-refractivity contribution in [3.63, 3.8) is 0 Å². The van der Waals surface area contributed by atoms with Crippen LogP contribution in [0.3, 0.4) is 0 Å². The molecule has 27 heavy (non-hydrogen) atoms. The van der Waals surface area contributed by atoms with E-state index in [-0.39, 0.29) is 11.5 Å². The molecule has 1 aromatic carbocycles. The van der Waals surface area contributed by atoms with Crippen LogP contribution in [0.5, 0.6) is 0 Å². The molecular formula is C22H34N4O. The van der Waals surface area contributed by atoms with Crippen LogP contribution in [0.1, 0.15) is 44.6 Å². The zero-order chi connectivity index (χ0) is 18.5. The molecule has 3 fully saturated rings. The van der Waals surface area contributed by atoms with Crippen LogP contribution in [0.4, 0.5) is 0 Å². The highest BCUT2D eigenvalue weighted by molar-refractivity contribution is 5.79. The van der Waals surface area contributed by atoms with Gasteiger partial charge in [0.15, 0.2) is 5.96 Å². The zero-order valence-corrected chi connectivity index (χ0v) is 16.6. The lowest BCUT2D eigenvalue weighted by Gasteiger charge is -2.41. The van der Waals surface area contributed by atoms with Crippen LogP contribution in [0.25, 0.3) is 0 Å². The molecule has 0 bridgehead atoms. The maximum absolute atomic E-state index is 6.08. The number of hydrogen-bond acceptors (Lipinski definition) is 3. The van der Waals surface area contributed by atoms with Crippen molar-refractivity contribution in [3.8, 4) is 0 Å². The summed E-state index contributed by atoms with van der Waals surface area (Å²) in [4.78, 5) is 7.56. The van der Waals surface area contributed by atoms with E-state index in [1.807, 2.05) is 0 Å². The Morgan fingerprint density at radius 1 is 1.22 bits per heavy atom. The average Bonchev–Trinajstić information content (AvgIpc) is 3.14. The molecule has 2 atom stereocenters. The Hall–Kier alpha value is -1.59. The highest BCUT2D eigenvalue weighted by Gasteiger charge is 2.38. The van der Waals surface area contributed by atoms with Crippen molar-refractivity contribution in [2.75, 3.05) is 39.3 Å². The fourth-order valence-electron chi connectivity index (χ4n) is 4.73.